The minimum atomic E-state index is -0.866. The molecular formula is C19H28N2O2. The summed E-state index contributed by atoms with van der Waals surface area (Å²) in [6.07, 6.45) is 5.10. The monoisotopic (exact) mass is 316 g/mol. The van der Waals surface area contributed by atoms with Gasteiger partial charge in [-0.2, -0.15) is 0 Å². The molecule has 0 fully saturated rings. The van der Waals surface area contributed by atoms with Crippen LogP contribution in [-0.4, -0.2) is 22.2 Å². The van der Waals surface area contributed by atoms with Crippen molar-refractivity contribution in [3.63, 3.8) is 0 Å². The van der Waals surface area contributed by atoms with E-state index in [9.17, 15) is 9.90 Å². The van der Waals surface area contributed by atoms with E-state index in [0.29, 0.717) is 12.1 Å². The summed E-state index contributed by atoms with van der Waals surface area (Å²) in [5.74, 6) is -0.866. The van der Waals surface area contributed by atoms with Crippen LogP contribution in [-0.2, 0) is 18.4 Å². The molecule has 0 aliphatic carbocycles. The van der Waals surface area contributed by atoms with Gasteiger partial charge in [0.2, 0.25) is 0 Å². The van der Waals surface area contributed by atoms with Gasteiger partial charge in [0.25, 0.3) is 0 Å². The summed E-state index contributed by atoms with van der Waals surface area (Å²) in [4.78, 5) is 11.5. The second kappa shape index (κ2) is 6.75. The number of carbonyl (C=O) groups is 1. The van der Waals surface area contributed by atoms with E-state index in [4.69, 9.17) is 5.73 Å². The van der Waals surface area contributed by atoms with E-state index in [1.54, 1.807) is 0 Å². The van der Waals surface area contributed by atoms with Crippen LogP contribution >= 0.6 is 0 Å². The number of aromatic nitrogens is 1. The van der Waals surface area contributed by atoms with Gasteiger partial charge in [0.05, 0.1) is 11.1 Å². The zero-order valence-electron chi connectivity index (χ0n) is 14.6. The number of hydrogen-bond donors (Lipinski definition) is 2. The normalized spacial score (nSPS) is 12.0. The highest BCUT2D eigenvalue weighted by Crippen LogP contribution is 2.34. The fraction of sp³-hybridized carbons (Fsp3) is 0.526. The van der Waals surface area contributed by atoms with E-state index in [1.165, 1.54) is 11.1 Å². The van der Waals surface area contributed by atoms with E-state index in [0.717, 1.165) is 36.8 Å². The van der Waals surface area contributed by atoms with Crippen molar-refractivity contribution in [2.75, 3.05) is 6.54 Å². The van der Waals surface area contributed by atoms with Crippen molar-refractivity contribution in [1.82, 2.24) is 4.57 Å². The minimum Gasteiger partial charge on any atom is -0.478 e. The number of carboxylic acid groups (broad SMARTS) is 1. The Bertz CT molecular complexity index is 708. The standard InChI is InChI=1S/C19H28N2O2/c1-5-7-13-12-21(9-6-8-20)17-15(13)10-14(18(22)23)11-16(17)19(2,3)4/h10-12H,5-9,20H2,1-4H3,(H,22,23). The number of aromatic carboxylic acids is 1. The number of hydrogen-bond acceptors (Lipinski definition) is 2. The first-order valence-electron chi connectivity index (χ1n) is 8.39. The highest BCUT2D eigenvalue weighted by molar-refractivity contribution is 5.97. The summed E-state index contributed by atoms with van der Waals surface area (Å²) >= 11 is 0. The Morgan fingerprint density at radius 1 is 1.30 bits per heavy atom. The van der Waals surface area contributed by atoms with Gasteiger partial charge in [-0.3, -0.25) is 0 Å². The van der Waals surface area contributed by atoms with Crippen molar-refractivity contribution in [3.8, 4) is 0 Å². The molecule has 0 unspecified atom stereocenters. The molecule has 1 aromatic carbocycles. The van der Waals surface area contributed by atoms with Crippen LogP contribution in [0.5, 0.6) is 0 Å². The molecule has 4 nitrogen and oxygen atoms in total. The molecule has 2 aromatic rings. The molecule has 0 aliphatic rings. The molecule has 0 saturated heterocycles. The summed E-state index contributed by atoms with van der Waals surface area (Å²) in [6, 6.07) is 3.66. The topological polar surface area (TPSA) is 68.2 Å². The molecule has 0 saturated carbocycles. The fourth-order valence-corrected chi connectivity index (χ4v) is 3.11. The Hall–Kier alpha value is -1.81. The zero-order valence-corrected chi connectivity index (χ0v) is 14.6. The van der Waals surface area contributed by atoms with E-state index in [-0.39, 0.29) is 5.41 Å². The number of nitrogens with zero attached hydrogens (tertiary/aromatic N) is 1. The van der Waals surface area contributed by atoms with E-state index < -0.39 is 5.97 Å². The number of carboxylic acids is 1. The Morgan fingerprint density at radius 2 is 2.00 bits per heavy atom. The molecule has 4 heteroatoms. The van der Waals surface area contributed by atoms with Crippen LogP contribution in [0.1, 0.15) is 62.0 Å². The van der Waals surface area contributed by atoms with Gasteiger partial charge in [-0.15, -0.1) is 0 Å². The van der Waals surface area contributed by atoms with Gasteiger partial charge in [0, 0.05) is 18.1 Å². The first-order valence-corrected chi connectivity index (χ1v) is 8.39. The third-order valence-electron chi connectivity index (χ3n) is 4.23. The predicted octanol–water partition coefficient (Wildman–Crippen LogP) is 3.94. The fourth-order valence-electron chi connectivity index (χ4n) is 3.11. The second-order valence-electron chi connectivity index (χ2n) is 7.22. The largest absolute Gasteiger partial charge is 0.478 e. The zero-order chi connectivity index (χ0) is 17.2. The van der Waals surface area contributed by atoms with Crippen LogP contribution in [0.15, 0.2) is 18.3 Å². The molecule has 0 amide bonds. The molecule has 0 radical (unpaired) electrons. The van der Waals surface area contributed by atoms with Crippen LogP contribution in [0, 0.1) is 0 Å². The van der Waals surface area contributed by atoms with E-state index in [1.807, 2.05) is 12.1 Å². The second-order valence-corrected chi connectivity index (χ2v) is 7.22. The van der Waals surface area contributed by atoms with Gasteiger partial charge in [-0.05, 0) is 48.1 Å². The first kappa shape index (κ1) is 17.5. The van der Waals surface area contributed by atoms with Gasteiger partial charge in [0.1, 0.15) is 0 Å². The van der Waals surface area contributed by atoms with Crippen LogP contribution < -0.4 is 5.73 Å². The number of rotatable bonds is 6. The number of benzene rings is 1. The summed E-state index contributed by atoms with van der Waals surface area (Å²) in [6.45, 7) is 10.1. The molecule has 3 N–H and O–H groups in total. The maximum Gasteiger partial charge on any atom is 0.335 e. The first-order chi connectivity index (χ1) is 10.8. The lowest BCUT2D eigenvalue weighted by molar-refractivity contribution is 0.0697. The molecular weight excluding hydrogens is 288 g/mol. The Labute approximate surface area is 138 Å². The third kappa shape index (κ3) is 3.58. The summed E-state index contributed by atoms with van der Waals surface area (Å²) in [5.41, 5.74) is 9.42. The molecule has 2 rings (SSSR count). The number of aryl methyl sites for hydroxylation is 2. The third-order valence-corrected chi connectivity index (χ3v) is 4.23. The maximum absolute atomic E-state index is 11.5. The van der Waals surface area contributed by atoms with E-state index >= 15 is 0 Å². The highest BCUT2D eigenvalue weighted by Gasteiger charge is 2.23. The lowest BCUT2D eigenvalue weighted by Crippen LogP contribution is -2.15. The lowest BCUT2D eigenvalue weighted by atomic mass is 9.84. The average Bonchev–Trinajstić information content (AvgIpc) is 2.81. The smallest absolute Gasteiger partial charge is 0.335 e. The SMILES string of the molecule is CCCc1cn(CCCN)c2c(C(C)(C)C)cc(C(=O)O)cc12. The number of fused-ring (bicyclic) bond motifs is 1. The molecule has 126 valence electrons. The molecule has 0 aliphatic heterocycles. The van der Waals surface area contributed by atoms with E-state index in [2.05, 4.69) is 38.5 Å². The quantitative estimate of drug-likeness (QED) is 0.848. The Balaban J connectivity index is 2.79. The number of nitrogens with two attached hydrogens (primary N) is 1. The Morgan fingerprint density at radius 3 is 2.52 bits per heavy atom. The van der Waals surface area contributed by atoms with Crippen molar-refractivity contribution < 1.29 is 9.90 Å². The van der Waals surface area contributed by atoms with Crippen molar-refractivity contribution >= 4 is 16.9 Å². The highest BCUT2D eigenvalue weighted by atomic mass is 16.4. The van der Waals surface area contributed by atoms with Crippen LogP contribution in [0.3, 0.4) is 0 Å². The van der Waals surface area contributed by atoms with Crippen molar-refractivity contribution in [3.05, 3.63) is 35.0 Å². The molecule has 0 bridgehead atoms. The minimum absolute atomic E-state index is 0.119. The van der Waals surface area contributed by atoms with Gasteiger partial charge in [-0.1, -0.05) is 34.1 Å². The molecule has 1 heterocycles. The van der Waals surface area contributed by atoms with Gasteiger partial charge >= 0.3 is 5.97 Å². The molecule has 1 aromatic heterocycles. The van der Waals surface area contributed by atoms with Crippen LogP contribution in [0.25, 0.3) is 10.9 Å². The average molecular weight is 316 g/mol. The van der Waals surface area contributed by atoms with Gasteiger partial charge in [-0.25, -0.2) is 4.79 Å². The van der Waals surface area contributed by atoms with Gasteiger partial charge < -0.3 is 15.4 Å². The summed E-state index contributed by atoms with van der Waals surface area (Å²) < 4.78 is 2.26. The van der Waals surface area contributed by atoms with Crippen molar-refractivity contribution in [2.45, 2.75) is 58.9 Å². The van der Waals surface area contributed by atoms with Crippen LogP contribution in [0.4, 0.5) is 0 Å². The maximum atomic E-state index is 11.5. The molecule has 23 heavy (non-hydrogen) atoms. The summed E-state index contributed by atoms with van der Waals surface area (Å²) in [7, 11) is 0. The van der Waals surface area contributed by atoms with Gasteiger partial charge in [0.15, 0.2) is 0 Å². The summed E-state index contributed by atoms with van der Waals surface area (Å²) in [5, 5.41) is 10.6. The molecule has 0 spiro atoms. The predicted molar refractivity (Wildman–Crippen MR) is 95.3 cm³/mol. The van der Waals surface area contributed by atoms with Crippen LogP contribution in [0.2, 0.25) is 0 Å². The lowest BCUT2D eigenvalue weighted by Gasteiger charge is -2.22. The van der Waals surface area contributed by atoms with Crippen molar-refractivity contribution in [2.24, 2.45) is 5.73 Å². The van der Waals surface area contributed by atoms with Crippen molar-refractivity contribution in [1.29, 1.82) is 0 Å². The Kier molecular flexibility index (Phi) is 5.15. The molecule has 0 atom stereocenters.